The number of aliphatic hydroxyl groups excluding tert-OH is 1. The monoisotopic (exact) mass is 143 g/mol. The second-order valence-corrected chi connectivity index (χ2v) is 2.44. The van der Waals surface area contributed by atoms with Gasteiger partial charge in [0.1, 0.15) is 0 Å². The van der Waals surface area contributed by atoms with Crippen molar-refractivity contribution in [2.24, 2.45) is 0 Å². The van der Waals surface area contributed by atoms with Gasteiger partial charge in [-0.1, -0.05) is 0 Å². The van der Waals surface area contributed by atoms with E-state index in [1.165, 1.54) is 6.92 Å². The number of rotatable bonds is 3. The molecule has 0 fully saturated rings. The Bertz CT molecular complexity index is 150. The average Bonchev–Trinajstić information content (AvgIpc) is 1.58. The molecule has 0 aromatic carbocycles. The molecule has 3 heteroatoms. The number of carbonyl (C=O) groups is 1. The van der Waals surface area contributed by atoms with Gasteiger partial charge in [0.05, 0.1) is 0 Å². The van der Waals surface area contributed by atoms with Gasteiger partial charge in [-0.25, -0.2) is 0 Å². The molecule has 0 spiro atoms. The van der Waals surface area contributed by atoms with Crippen LogP contribution in [0.25, 0.3) is 0 Å². The van der Waals surface area contributed by atoms with Crippen LogP contribution in [0.1, 0.15) is 20.8 Å². The number of hydrogen-bond donors (Lipinski definition) is 2. The minimum atomic E-state index is -0.161. The van der Waals surface area contributed by atoms with Crippen LogP contribution in [0.4, 0.5) is 0 Å². The standard InChI is InChI=1S/C7H13NO2/c1-5(2)8-7(10)4-6(3)9/h4-5,8,10H,1-3H3/b7-4-. The lowest BCUT2D eigenvalue weighted by atomic mass is 10.4. The summed E-state index contributed by atoms with van der Waals surface area (Å²) in [5.41, 5.74) is 0. The molecular formula is C7H13NO2. The number of ketones is 1. The van der Waals surface area contributed by atoms with Gasteiger partial charge >= 0.3 is 0 Å². The van der Waals surface area contributed by atoms with Gasteiger partial charge in [-0.3, -0.25) is 4.79 Å². The maximum absolute atomic E-state index is 10.4. The Morgan fingerprint density at radius 1 is 1.60 bits per heavy atom. The highest BCUT2D eigenvalue weighted by atomic mass is 16.3. The minimum Gasteiger partial charge on any atom is -0.495 e. The van der Waals surface area contributed by atoms with Crippen molar-refractivity contribution in [3.8, 4) is 0 Å². The molecule has 0 amide bonds. The molecule has 2 N–H and O–H groups in total. The summed E-state index contributed by atoms with van der Waals surface area (Å²) in [7, 11) is 0. The molecule has 0 heterocycles. The highest BCUT2D eigenvalue weighted by molar-refractivity contribution is 5.87. The van der Waals surface area contributed by atoms with E-state index in [0.29, 0.717) is 0 Å². The van der Waals surface area contributed by atoms with Gasteiger partial charge in [0.15, 0.2) is 11.7 Å². The van der Waals surface area contributed by atoms with Crippen molar-refractivity contribution in [3.63, 3.8) is 0 Å². The van der Waals surface area contributed by atoms with Crippen LogP contribution in [0.3, 0.4) is 0 Å². The van der Waals surface area contributed by atoms with Gasteiger partial charge < -0.3 is 10.4 Å². The third-order valence-corrected chi connectivity index (χ3v) is 0.777. The van der Waals surface area contributed by atoms with Crippen LogP contribution in [0.5, 0.6) is 0 Å². The summed E-state index contributed by atoms with van der Waals surface area (Å²) in [5.74, 6) is -0.229. The first-order chi connectivity index (χ1) is 4.52. The number of carbonyl (C=O) groups excluding carboxylic acids is 1. The summed E-state index contributed by atoms with van der Waals surface area (Å²) in [6.45, 7) is 5.15. The van der Waals surface area contributed by atoms with Crippen LogP contribution in [0.15, 0.2) is 12.0 Å². The lowest BCUT2D eigenvalue weighted by molar-refractivity contribution is -0.112. The fourth-order valence-corrected chi connectivity index (χ4v) is 0.530. The maximum Gasteiger partial charge on any atom is 0.187 e. The van der Waals surface area contributed by atoms with E-state index in [9.17, 15) is 4.79 Å². The summed E-state index contributed by atoms with van der Waals surface area (Å²) >= 11 is 0. The minimum absolute atomic E-state index is 0.0671. The van der Waals surface area contributed by atoms with Crippen LogP contribution >= 0.6 is 0 Å². The Morgan fingerprint density at radius 2 is 2.10 bits per heavy atom. The largest absolute Gasteiger partial charge is 0.495 e. The molecule has 0 aliphatic rings. The van der Waals surface area contributed by atoms with Gasteiger partial charge in [-0.2, -0.15) is 0 Å². The molecule has 58 valence electrons. The molecule has 0 rings (SSSR count). The molecule has 0 saturated carbocycles. The van der Waals surface area contributed by atoms with Crippen molar-refractivity contribution in [1.29, 1.82) is 0 Å². The van der Waals surface area contributed by atoms with Crippen LogP contribution in [0, 0.1) is 0 Å². The first-order valence-corrected chi connectivity index (χ1v) is 3.20. The number of hydrogen-bond acceptors (Lipinski definition) is 3. The second-order valence-electron chi connectivity index (χ2n) is 2.44. The van der Waals surface area contributed by atoms with Gasteiger partial charge in [0.2, 0.25) is 0 Å². The van der Waals surface area contributed by atoms with E-state index in [1.54, 1.807) is 0 Å². The fraction of sp³-hybridized carbons (Fsp3) is 0.571. The smallest absolute Gasteiger partial charge is 0.187 e. The zero-order valence-electron chi connectivity index (χ0n) is 6.51. The van der Waals surface area contributed by atoms with Crippen molar-refractivity contribution in [1.82, 2.24) is 5.32 Å². The van der Waals surface area contributed by atoms with Gasteiger partial charge in [0.25, 0.3) is 0 Å². The molecule has 3 nitrogen and oxygen atoms in total. The molecule has 0 aromatic heterocycles. The molecule has 0 aromatic rings. The van der Waals surface area contributed by atoms with Crippen molar-refractivity contribution >= 4 is 5.78 Å². The topological polar surface area (TPSA) is 49.3 Å². The highest BCUT2D eigenvalue weighted by Gasteiger charge is 1.95. The average molecular weight is 143 g/mol. The quantitative estimate of drug-likeness (QED) is 0.457. The van der Waals surface area contributed by atoms with Gasteiger partial charge in [0, 0.05) is 12.1 Å². The number of nitrogens with one attached hydrogen (secondary N) is 1. The summed E-state index contributed by atoms with van der Waals surface area (Å²) < 4.78 is 0. The van der Waals surface area contributed by atoms with E-state index >= 15 is 0 Å². The third-order valence-electron chi connectivity index (χ3n) is 0.777. The molecule has 0 radical (unpaired) electrons. The number of aliphatic hydroxyl groups is 1. The summed E-state index contributed by atoms with van der Waals surface area (Å²) in [6, 6.07) is 0.149. The van der Waals surface area contributed by atoms with E-state index in [-0.39, 0.29) is 17.7 Å². The van der Waals surface area contributed by atoms with Crippen LogP contribution in [-0.4, -0.2) is 16.9 Å². The van der Waals surface area contributed by atoms with E-state index in [0.717, 1.165) is 6.08 Å². The Kier molecular flexibility index (Phi) is 3.54. The normalized spacial score (nSPS) is 11.8. The van der Waals surface area contributed by atoms with Crippen LogP contribution in [-0.2, 0) is 4.79 Å². The van der Waals surface area contributed by atoms with Crippen molar-refractivity contribution < 1.29 is 9.90 Å². The Morgan fingerprint density at radius 3 is 2.40 bits per heavy atom. The lowest BCUT2D eigenvalue weighted by Crippen LogP contribution is -2.22. The van der Waals surface area contributed by atoms with Crippen molar-refractivity contribution in [2.45, 2.75) is 26.8 Å². The Balaban J connectivity index is 3.83. The molecule has 0 atom stereocenters. The van der Waals surface area contributed by atoms with Crippen LogP contribution < -0.4 is 5.32 Å². The van der Waals surface area contributed by atoms with E-state index in [2.05, 4.69) is 5.32 Å². The summed E-state index contributed by atoms with van der Waals surface area (Å²) in [4.78, 5) is 10.4. The first-order valence-electron chi connectivity index (χ1n) is 3.20. The third kappa shape index (κ3) is 5.15. The van der Waals surface area contributed by atoms with Gasteiger partial charge in [-0.05, 0) is 20.8 Å². The predicted octanol–water partition coefficient (Wildman–Crippen LogP) is 0.973. The van der Waals surface area contributed by atoms with E-state index < -0.39 is 0 Å². The lowest BCUT2D eigenvalue weighted by Gasteiger charge is -2.06. The fourth-order valence-electron chi connectivity index (χ4n) is 0.530. The molecule has 0 bridgehead atoms. The van der Waals surface area contributed by atoms with E-state index in [1.807, 2.05) is 13.8 Å². The molecular weight excluding hydrogens is 130 g/mol. The zero-order chi connectivity index (χ0) is 8.15. The Labute approximate surface area is 60.7 Å². The number of allylic oxidation sites excluding steroid dienone is 1. The van der Waals surface area contributed by atoms with Crippen LogP contribution in [0.2, 0.25) is 0 Å². The molecule has 0 aliphatic heterocycles. The molecule has 0 unspecified atom stereocenters. The first kappa shape index (κ1) is 9.01. The molecule has 0 saturated heterocycles. The van der Waals surface area contributed by atoms with Crippen molar-refractivity contribution in [3.05, 3.63) is 12.0 Å². The molecule has 10 heavy (non-hydrogen) atoms. The Hall–Kier alpha value is -0.990. The summed E-state index contributed by atoms with van der Waals surface area (Å²) in [6.07, 6.45) is 1.15. The highest BCUT2D eigenvalue weighted by Crippen LogP contribution is 1.86. The summed E-state index contributed by atoms with van der Waals surface area (Å²) in [5, 5.41) is 11.6. The van der Waals surface area contributed by atoms with Gasteiger partial charge in [-0.15, -0.1) is 0 Å². The maximum atomic E-state index is 10.4. The molecule has 0 aliphatic carbocycles. The SMILES string of the molecule is CC(=O)/C=C(\O)NC(C)C. The zero-order valence-corrected chi connectivity index (χ0v) is 6.51. The van der Waals surface area contributed by atoms with E-state index in [4.69, 9.17) is 5.11 Å². The predicted molar refractivity (Wildman–Crippen MR) is 39.7 cm³/mol. The van der Waals surface area contributed by atoms with Crippen molar-refractivity contribution in [2.75, 3.05) is 0 Å². The second kappa shape index (κ2) is 3.93.